The molecule has 33 heavy (non-hydrogen) atoms. The fraction of sp³-hybridized carbons (Fsp3) is 0.348. The molecule has 174 valence electrons. The maximum atomic E-state index is 12.5. The lowest BCUT2D eigenvalue weighted by atomic mass is 10.3. The maximum Gasteiger partial charge on any atom is 0.234 e. The molecular weight excluding hydrogens is 444 g/mol. The van der Waals surface area contributed by atoms with Crippen molar-refractivity contribution in [3.05, 3.63) is 48.3 Å². The smallest absolute Gasteiger partial charge is 0.234 e. The number of methoxy groups -OCH3 is 1. The van der Waals surface area contributed by atoms with E-state index >= 15 is 0 Å². The van der Waals surface area contributed by atoms with E-state index in [0.717, 1.165) is 0 Å². The van der Waals surface area contributed by atoms with Gasteiger partial charge in [0, 0.05) is 17.8 Å². The number of para-hydroxylation sites is 2. The van der Waals surface area contributed by atoms with E-state index in [-0.39, 0.29) is 30.6 Å². The van der Waals surface area contributed by atoms with E-state index in [4.69, 9.17) is 18.9 Å². The molecule has 0 aliphatic carbocycles. The van der Waals surface area contributed by atoms with Gasteiger partial charge in [-0.15, -0.1) is 10.2 Å². The summed E-state index contributed by atoms with van der Waals surface area (Å²) in [5, 5.41) is 12.2. The third-order valence-corrected chi connectivity index (χ3v) is 5.88. The molecule has 1 amide bonds. The third-order valence-electron chi connectivity index (χ3n) is 4.93. The van der Waals surface area contributed by atoms with Crippen LogP contribution in [0.3, 0.4) is 0 Å². The highest BCUT2D eigenvalue weighted by molar-refractivity contribution is 7.99. The summed E-state index contributed by atoms with van der Waals surface area (Å²) in [4.78, 5) is 12.5. The lowest BCUT2D eigenvalue weighted by molar-refractivity contribution is -0.113. The standard InChI is InChI=1S/C23H26N4O5S/c1-14(2)27-22(15(3)32-19-8-6-5-7-17(19)29-4)25-26-23(27)33-12-21(28)24-16-9-10-18-20(11-16)31-13-30-18/h5-11,14-15H,12-13H2,1-4H3,(H,24,28). The van der Waals surface area contributed by atoms with Crippen LogP contribution in [0.5, 0.6) is 23.0 Å². The molecule has 1 aliphatic heterocycles. The summed E-state index contributed by atoms with van der Waals surface area (Å²) in [6.07, 6.45) is -0.368. The Labute approximate surface area is 196 Å². The average molecular weight is 471 g/mol. The highest BCUT2D eigenvalue weighted by Gasteiger charge is 2.23. The fourth-order valence-corrected chi connectivity index (χ4v) is 4.28. The number of hydrogen-bond acceptors (Lipinski definition) is 8. The zero-order chi connectivity index (χ0) is 23.4. The van der Waals surface area contributed by atoms with Gasteiger partial charge in [-0.3, -0.25) is 4.79 Å². The van der Waals surface area contributed by atoms with Crippen molar-refractivity contribution in [1.29, 1.82) is 0 Å². The van der Waals surface area contributed by atoms with Crippen LogP contribution in [-0.4, -0.2) is 40.3 Å². The van der Waals surface area contributed by atoms with Crippen LogP contribution in [0.4, 0.5) is 5.69 Å². The van der Waals surface area contributed by atoms with Crippen LogP contribution >= 0.6 is 11.8 Å². The number of aromatic nitrogens is 3. The van der Waals surface area contributed by atoms with Crippen LogP contribution in [0.2, 0.25) is 0 Å². The van der Waals surface area contributed by atoms with Gasteiger partial charge in [0.05, 0.1) is 12.9 Å². The van der Waals surface area contributed by atoms with Gasteiger partial charge in [0.2, 0.25) is 12.7 Å². The molecule has 1 atom stereocenters. The van der Waals surface area contributed by atoms with E-state index in [1.54, 1.807) is 25.3 Å². The van der Waals surface area contributed by atoms with Gasteiger partial charge in [0.25, 0.3) is 0 Å². The number of carbonyl (C=O) groups is 1. The van der Waals surface area contributed by atoms with Gasteiger partial charge < -0.3 is 28.8 Å². The van der Waals surface area contributed by atoms with Crippen molar-refractivity contribution in [2.75, 3.05) is 25.0 Å². The van der Waals surface area contributed by atoms with Gasteiger partial charge >= 0.3 is 0 Å². The van der Waals surface area contributed by atoms with E-state index in [1.807, 2.05) is 49.6 Å². The SMILES string of the molecule is COc1ccccc1OC(C)c1nnc(SCC(=O)Nc2ccc3c(c2)OCO3)n1C(C)C. The monoisotopic (exact) mass is 470 g/mol. The topological polar surface area (TPSA) is 96.7 Å². The first-order chi connectivity index (χ1) is 16.0. The molecule has 4 rings (SSSR count). The summed E-state index contributed by atoms with van der Waals surface area (Å²) in [5.74, 6) is 3.27. The molecule has 0 fully saturated rings. The van der Waals surface area contributed by atoms with E-state index in [2.05, 4.69) is 15.5 Å². The third kappa shape index (κ3) is 5.16. The molecule has 0 bridgehead atoms. The van der Waals surface area contributed by atoms with Crippen molar-refractivity contribution in [2.45, 2.75) is 38.1 Å². The molecular formula is C23H26N4O5S. The zero-order valence-corrected chi connectivity index (χ0v) is 19.7. The van der Waals surface area contributed by atoms with E-state index in [1.165, 1.54) is 11.8 Å². The second-order valence-electron chi connectivity index (χ2n) is 7.62. The molecule has 1 aromatic heterocycles. The van der Waals surface area contributed by atoms with Gasteiger partial charge in [-0.25, -0.2) is 0 Å². The summed E-state index contributed by atoms with van der Waals surface area (Å²) in [7, 11) is 1.60. The van der Waals surface area contributed by atoms with Gasteiger partial charge in [-0.1, -0.05) is 23.9 Å². The first kappa shape index (κ1) is 22.8. The normalized spacial score (nSPS) is 13.1. The number of carbonyl (C=O) groups excluding carboxylic acids is 1. The van der Waals surface area contributed by atoms with Crippen LogP contribution in [0.1, 0.15) is 38.7 Å². The summed E-state index contributed by atoms with van der Waals surface area (Å²) in [5.41, 5.74) is 0.648. The van der Waals surface area contributed by atoms with Crippen molar-refractivity contribution in [3.8, 4) is 23.0 Å². The number of amides is 1. The maximum absolute atomic E-state index is 12.5. The molecule has 0 saturated carbocycles. The second-order valence-corrected chi connectivity index (χ2v) is 8.56. The Morgan fingerprint density at radius 3 is 2.64 bits per heavy atom. The van der Waals surface area contributed by atoms with E-state index in [9.17, 15) is 4.79 Å². The summed E-state index contributed by atoms with van der Waals surface area (Å²) in [6, 6.07) is 12.8. The van der Waals surface area contributed by atoms with Gasteiger partial charge in [0.1, 0.15) is 0 Å². The Bertz CT molecular complexity index is 1130. The molecule has 0 spiro atoms. The van der Waals surface area contributed by atoms with E-state index in [0.29, 0.717) is 39.7 Å². The molecule has 3 aromatic rings. The minimum absolute atomic E-state index is 0.0816. The molecule has 1 N–H and O–H groups in total. The van der Waals surface area contributed by atoms with Crippen LogP contribution in [0.25, 0.3) is 0 Å². The van der Waals surface area contributed by atoms with Crippen molar-refractivity contribution in [2.24, 2.45) is 0 Å². The van der Waals surface area contributed by atoms with Crippen LogP contribution in [-0.2, 0) is 4.79 Å². The van der Waals surface area contributed by atoms with Crippen LogP contribution < -0.4 is 24.3 Å². The number of nitrogens with zero attached hydrogens (tertiary/aromatic N) is 3. The van der Waals surface area contributed by atoms with Crippen molar-refractivity contribution in [1.82, 2.24) is 14.8 Å². The van der Waals surface area contributed by atoms with Gasteiger partial charge in [-0.2, -0.15) is 0 Å². The number of hydrogen-bond donors (Lipinski definition) is 1. The Morgan fingerprint density at radius 2 is 1.88 bits per heavy atom. The van der Waals surface area contributed by atoms with Crippen molar-refractivity contribution in [3.63, 3.8) is 0 Å². The highest BCUT2D eigenvalue weighted by atomic mass is 32.2. The van der Waals surface area contributed by atoms with Crippen molar-refractivity contribution >= 4 is 23.4 Å². The number of nitrogens with one attached hydrogen (secondary N) is 1. The Morgan fingerprint density at radius 1 is 1.12 bits per heavy atom. The number of benzene rings is 2. The van der Waals surface area contributed by atoms with Crippen LogP contribution in [0, 0.1) is 0 Å². The molecule has 0 saturated heterocycles. The predicted molar refractivity (Wildman–Crippen MR) is 124 cm³/mol. The Kier molecular flexibility index (Phi) is 6.93. The zero-order valence-electron chi connectivity index (χ0n) is 18.9. The lowest BCUT2D eigenvalue weighted by Gasteiger charge is -2.19. The van der Waals surface area contributed by atoms with Crippen molar-refractivity contribution < 1.29 is 23.7 Å². The minimum atomic E-state index is -0.368. The number of anilines is 1. The molecule has 2 heterocycles. The average Bonchev–Trinajstić information content (AvgIpc) is 3.44. The van der Waals surface area contributed by atoms with Gasteiger partial charge in [-0.05, 0) is 45.0 Å². The molecule has 0 radical (unpaired) electrons. The highest BCUT2D eigenvalue weighted by Crippen LogP contribution is 2.35. The largest absolute Gasteiger partial charge is 0.493 e. The Balaban J connectivity index is 1.42. The fourth-order valence-electron chi connectivity index (χ4n) is 3.41. The molecule has 1 unspecified atom stereocenters. The summed E-state index contributed by atoms with van der Waals surface area (Å²) < 4.78 is 24.1. The minimum Gasteiger partial charge on any atom is -0.493 e. The van der Waals surface area contributed by atoms with Gasteiger partial charge in [0.15, 0.2) is 40.1 Å². The number of thioether (sulfide) groups is 1. The number of rotatable bonds is 9. The first-order valence-electron chi connectivity index (χ1n) is 10.5. The lowest BCUT2D eigenvalue weighted by Crippen LogP contribution is -2.16. The quantitative estimate of drug-likeness (QED) is 0.458. The number of fused-ring (bicyclic) bond motifs is 1. The van der Waals surface area contributed by atoms with Crippen LogP contribution in [0.15, 0.2) is 47.6 Å². The molecule has 9 nitrogen and oxygen atoms in total. The summed E-state index contributed by atoms with van der Waals surface area (Å²) >= 11 is 1.32. The number of ether oxygens (including phenoxy) is 4. The molecule has 10 heteroatoms. The van der Waals surface area contributed by atoms with E-state index < -0.39 is 0 Å². The Hall–Kier alpha value is -3.40. The predicted octanol–water partition coefficient (Wildman–Crippen LogP) is 4.47. The molecule has 1 aliphatic rings. The second kappa shape index (κ2) is 10.0. The molecule has 2 aromatic carbocycles. The first-order valence-corrected chi connectivity index (χ1v) is 11.5. The summed E-state index contributed by atoms with van der Waals surface area (Å²) in [6.45, 7) is 6.18.